The van der Waals surface area contributed by atoms with E-state index in [1.807, 2.05) is 0 Å². The average molecular weight is 431 g/mol. The van der Waals surface area contributed by atoms with Crippen LogP contribution in [0.15, 0.2) is 36.5 Å². The quantitative estimate of drug-likeness (QED) is 0.572. The van der Waals surface area contributed by atoms with Crippen LogP contribution in [0.5, 0.6) is 5.06 Å². The van der Waals surface area contributed by atoms with Gasteiger partial charge >= 0.3 is 0 Å². The molecule has 4 N–H and O–H groups in total. The molecular weight excluding hydrogens is 412 g/mol. The van der Waals surface area contributed by atoms with Crippen molar-refractivity contribution in [2.75, 3.05) is 24.1 Å². The zero-order valence-electron chi connectivity index (χ0n) is 15.8. The monoisotopic (exact) mass is 431 g/mol. The van der Waals surface area contributed by atoms with Crippen LogP contribution < -0.4 is 21.1 Å². The number of aromatic nitrogens is 2. The number of amides is 1. The van der Waals surface area contributed by atoms with E-state index in [1.54, 1.807) is 0 Å². The van der Waals surface area contributed by atoms with Gasteiger partial charge in [0, 0.05) is 11.5 Å². The highest BCUT2D eigenvalue weighted by atomic mass is 32.1. The molecule has 0 spiro atoms. The number of halogens is 2. The Labute approximate surface area is 175 Å². The number of anilines is 2. The van der Waals surface area contributed by atoms with Crippen molar-refractivity contribution < 1.29 is 18.3 Å². The summed E-state index contributed by atoms with van der Waals surface area (Å²) in [4.78, 5) is 16.9. The number of carbonyl (C=O) groups is 1. The Bertz CT molecular complexity index is 1050. The highest BCUT2D eigenvalue weighted by Gasteiger charge is 2.21. The summed E-state index contributed by atoms with van der Waals surface area (Å²) in [5, 5.41) is 6.43. The van der Waals surface area contributed by atoms with Crippen LogP contribution in [-0.4, -0.2) is 34.5 Å². The van der Waals surface area contributed by atoms with E-state index in [9.17, 15) is 13.6 Å². The topological polar surface area (TPSA) is 102 Å². The van der Waals surface area contributed by atoms with Crippen molar-refractivity contribution >= 4 is 28.8 Å². The van der Waals surface area contributed by atoms with Crippen LogP contribution in [0.25, 0.3) is 11.3 Å². The van der Waals surface area contributed by atoms with E-state index >= 15 is 0 Å². The predicted octanol–water partition coefficient (Wildman–Crippen LogP) is 3.45. The zero-order chi connectivity index (χ0) is 21.1. The maximum atomic E-state index is 14.1. The lowest BCUT2D eigenvalue weighted by molar-refractivity contribution is 0.102. The van der Waals surface area contributed by atoms with Gasteiger partial charge in [-0.05, 0) is 50.2 Å². The van der Waals surface area contributed by atoms with E-state index in [0.717, 1.165) is 49.6 Å². The predicted molar refractivity (Wildman–Crippen MR) is 111 cm³/mol. The van der Waals surface area contributed by atoms with Crippen LogP contribution in [0.2, 0.25) is 0 Å². The maximum absolute atomic E-state index is 14.1. The van der Waals surface area contributed by atoms with Gasteiger partial charge in [0.2, 0.25) is 5.06 Å². The van der Waals surface area contributed by atoms with Gasteiger partial charge in [-0.15, -0.1) is 0 Å². The van der Waals surface area contributed by atoms with Gasteiger partial charge in [-0.2, -0.15) is 4.37 Å². The summed E-state index contributed by atoms with van der Waals surface area (Å²) in [7, 11) is 0. The number of rotatable bonds is 5. The molecule has 1 aliphatic rings. The first-order valence-corrected chi connectivity index (χ1v) is 10.1. The van der Waals surface area contributed by atoms with Gasteiger partial charge in [-0.3, -0.25) is 4.79 Å². The van der Waals surface area contributed by atoms with Crippen molar-refractivity contribution in [1.29, 1.82) is 0 Å². The SMILES string of the molecule is Nc1ccc(-c2c(F)cccc2F)nc1C(=O)Nc1cnsc1OC1CCNCC1. The molecule has 1 amide bonds. The van der Waals surface area contributed by atoms with Gasteiger partial charge < -0.3 is 21.1 Å². The number of ether oxygens (including phenoxy) is 1. The van der Waals surface area contributed by atoms with Gasteiger partial charge in [0.1, 0.15) is 23.4 Å². The van der Waals surface area contributed by atoms with Crippen molar-refractivity contribution in [3.05, 3.63) is 53.9 Å². The smallest absolute Gasteiger partial charge is 0.276 e. The van der Waals surface area contributed by atoms with Crippen LogP contribution in [0.3, 0.4) is 0 Å². The van der Waals surface area contributed by atoms with Crippen LogP contribution in [0.4, 0.5) is 20.2 Å². The molecule has 0 saturated carbocycles. The van der Waals surface area contributed by atoms with Gasteiger partial charge in [0.25, 0.3) is 5.91 Å². The number of piperidine rings is 1. The molecule has 1 saturated heterocycles. The molecule has 1 aromatic carbocycles. The van der Waals surface area contributed by atoms with Crippen LogP contribution in [0, 0.1) is 11.6 Å². The minimum atomic E-state index is -0.779. The Morgan fingerprint density at radius 1 is 1.20 bits per heavy atom. The molecule has 2 aromatic heterocycles. The number of benzene rings is 1. The van der Waals surface area contributed by atoms with Crippen molar-refractivity contribution in [3.8, 4) is 16.3 Å². The molecule has 0 bridgehead atoms. The fourth-order valence-corrected chi connectivity index (χ4v) is 3.81. The first kappa shape index (κ1) is 20.2. The largest absolute Gasteiger partial charge is 0.478 e. The molecule has 3 heterocycles. The number of nitrogens with one attached hydrogen (secondary N) is 2. The molecular formula is C20H19F2N5O2S. The maximum Gasteiger partial charge on any atom is 0.276 e. The first-order valence-electron chi connectivity index (χ1n) is 9.37. The summed E-state index contributed by atoms with van der Waals surface area (Å²) in [5.74, 6) is -2.18. The number of nitrogen functional groups attached to an aromatic ring is 1. The number of nitrogens with zero attached hydrogens (tertiary/aromatic N) is 2. The van der Waals surface area contributed by atoms with E-state index in [-0.39, 0.29) is 28.7 Å². The van der Waals surface area contributed by atoms with Crippen LogP contribution in [0.1, 0.15) is 23.3 Å². The lowest BCUT2D eigenvalue weighted by Crippen LogP contribution is -2.34. The summed E-state index contributed by atoms with van der Waals surface area (Å²) >= 11 is 1.13. The highest BCUT2D eigenvalue weighted by Crippen LogP contribution is 2.32. The number of hydrogen-bond donors (Lipinski definition) is 3. The van der Waals surface area contributed by atoms with E-state index in [4.69, 9.17) is 10.5 Å². The summed E-state index contributed by atoms with van der Waals surface area (Å²) in [6.07, 6.45) is 3.24. The van der Waals surface area contributed by atoms with Crippen LogP contribution >= 0.6 is 11.5 Å². The molecule has 0 unspecified atom stereocenters. The molecule has 4 rings (SSSR count). The molecule has 0 radical (unpaired) electrons. The third kappa shape index (κ3) is 4.24. The van der Waals surface area contributed by atoms with Gasteiger partial charge in [0.05, 0.1) is 23.1 Å². The number of nitrogens with two attached hydrogens (primary N) is 1. The van der Waals surface area contributed by atoms with E-state index < -0.39 is 17.5 Å². The van der Waals surface area contributed by atoms with Gasteiger partial charge in [0.15, 0.2) is 5.69 Å². The van der Waals surface area contributed by atoms with Crippen molar-refractivity contribution in [1.82, 2.24) is 14.7 Å². The van der Waals surface area contributed by atoms with Gasteiger partial charge in [-0.25, -0.2) is 13.8 Å². The molecule has 7 nitrogen and oxygen atoms in total. The van der Waals surface area contributed by atoms with Gasteiger partial charge in [-0.1, -0.05) is 6.07 Å². The molecule has 0 atom stereocenters. The Kier molecular flexibility index (Phi) is 5.86. The lowest BCUT2D eigenvalue weighted by Gasteiger charge is -2.23. The fraction of sp³-hybridized carbons (Fsp3) is 0.250. The second-order valence-electron chi connectivity index (χ2n) is 6.78. The molecule has 156 valence electrons. The zero-order valence-corrected chi connectivity index (χ0v) is 16.6. The Balaban J connectivity index is 1.57. The molecule has 30 heavy (non-hydrogen) atoms. The minimum absolute atomic E-state index is 0.0282. The third-order valence-electron chi connectivity index (χ3n) is 4.71. The van der Waals surface area contributed by atoms with E-state index in [2.05, 4.69) is 20.0 Å². The average Bonchev–Trinajstić information content (AvgIpc) is 3.16. The second-order valence-corrected chi connectivity index (χ2v) is 7.54. The fourth-order valence-electron chi connectivity index (χ4n) is 3.18. The summed E-state index contributed by atoms with van der Waals surface area (Å²) in [6, 6.07) is 6.26. The molecule has 10 heteroatoms. The van der Waals surface area contributed by atoms with Crippen molar-refractivity contribution in [3.63, 3.8) is 0 Å². The summed E-state index contributed by atoms with van der Waals surface area (Å²) in [5.41, 5.74) is 5.88. The van der Waals surface area contributed by atoms with Crippen LogP contribution in [-0.2, 0) is 0 Å². The first-order chi connectivity index (χ1) is 14.5. The van der Waals surface area contributed by atoms with Crippen molar-refractivity contribution in [2.24, 2.45) is 0 Å². The standard InChI is InChI=1S/C20H19F2N5O2S/c21-12-2-1-3-13(22)17(12)15-5-4-14(23)18(26-15)19(28)27-16-10-25-30-20(16)29-11-6-8-24-9-7-11/h1-5,10-11,24H,6-9,23H2,(H,27,28). The third-order valence-corrected chi connectivity index (χ3v) is 5.40. The van der Waals surface area contributed by atoms with E-state index in [1.165, 1.54) is 24.4 Å². The number of pyridine rings is 1. The normalized spacial score (nSPS) is 14.5. The highest BCUT2D eigenvalue weighted by molar-refractivity contribution is 7.08. The molecule has 1 aliphatic heterocycles. The second kappa shape index (κ2) is 8.72. The number of hydrogen-bond acceptors (Lipinski definition) is 7. The minimum Gasteiger partial charge on any atom is -0.478 e. The van der Waals surface area contributed by atoms with Crippen molar-refractivity contribution in [2.45, 2.75) is 18.9 Å². The molecule has 1 fully saturated rings. The van der Waals surface area contributed by atoms with E-state index in [0.29, 0.717) is 10.8 Å². The Morgan fingerprint density at radius 3 is 2.67 bits per heavy atom. The summed E-state index contributed by atoms with van der Waals surface area (Å²) < 4.78 is 38.3. The summed E-state index contributed by atoms with van der Waals surface area (Å²) in [6.45, 7) is 1.73. The lowest BCUT2D eigenvalue weighted by atomic mass is 10.1. The Morgan fingerprint density at radius 2 is 1.93 bits per heavy atom. The molecule has 0 aliphatic carbocycles. The Hall–Kier alpha value is -3.11. The molecule has 3 aromatic rings. The number of carbonyl (C=O) groups excluding carboxylic acids is 1.